The standard InChI is InChI=1S/C24H34O4/c1-13-21-20(28-22(13)26)12-19-17-6-5-15-11-16(27-14(2)25)7-9-23(15,3)18(17)8-10-24(19,21)4/h5,13,16-21H,6-12H2,1-4H3/t13-,16-,17-,18+,19+,20-,21+,23+,24+/m1/s1. The van der Waals surface area contributed by atoms with Crippen LogP contribution in [-0.4, -0.2) is 24.1 Å². The van der Waals surface area contributed by atoms with Crippen molar-refractivity contribution in [3.63, 3.8) is 0 Å². The van der Waals surface area contributed by atoms with Gasteiger partial charge in [0.2, 0.25) is 0 Å². The van der Waals surface area contributed by atoms with Crippen LogP contribution in [0, 0.1) is 40.4 Å². The molecule has 5 rings (SSSR count). The van der Waals surface area contributed by atoms with Gasteiger partial charge in [0.15, 0.2) is 0 Å². The van der Waals surface area contributed by atoms with Crippen LogP contribution in [0.3, 0.4) is 0 Å². The molecule has 154 valence electrons. The van der Waals surface area contributed by atoms with Crippen molar-refractivity contribution in [2.45, 2.75) is 84.8 Å². The van der Waals surface area contributed by atoms with Crippen molar-refractivity contribution in [1.82, 2.24) is 0 Å². The molecule has 0 unspecified atom stereocenters. The molecule has 28 heavy (non-hydrogen) atoms. The lowest BCUT2D eigenvalue weighted by molar-refractivity contribution is -0.148. The SMILES string of the molecule is CC(=O)O[C@@H]1CC[C@@]2(C)C(=CC[C@H]3[C@@H]4C[C@H]5OC(=O)[C@H](C)[C@@H]5[C@@]4(C)CC[C@@H]32)C1. The maximum atomic E-state index is 12.2. The molecule has 9 atom stereocenters. The lowest BCUT2D eigenvalue weighted by atomic mass is 9.47. The van der Waals surface area contributed by atoms with Gasteiger partial charge in [0.05, 0.1) is 5.92 Å². The van der Waals surface area contributed by atoms with E-state index < -0.39 is 0 Å². The topological polar surface area (TPSA) is 52.6 Å². The van der Waals surface area contributed by atoms with Crippen molar-refractivity contribution in [3.05, 3.63) is 11.6 Å². The molecule has 1 heterocycles. The Morgan fingerprint density at radius 2 is 2.00 bits per heavy atom. The van der Waals surface area contributed by atoms with Crippen LogP contribution in [0.4, 0.5) is 0 Å². The fraction of sp³-hybridized carbons (Fsp3) is 0.833. The summed E-state index contributed by atoms with van der Waals surface area (Å²) in [7, 11) is 0. The predicted octanol–water partition coefficient (Wildman–Crippen LogP) is 4.67. The third kappa shape index (κ3) is 2.42. The number of allylic oxidation sites excluding steroid dienone is 1. The molecule has 4 fully saturated rings. The van der Waals surface area contributed by atoms with Crippen molar-refractivity contribution in [3.8, 4) is 0 Å². The molecule has 0 aromatic rings. The Bertz CT molecular complexity index is 741. The van der Waals surface area contributed by atoms with Gasteiger partial charge < -0.3 is 9.47 Å². The fourth-order valence-electron chi connectivity index (χ4n) is 8.41. The predicted molar refractivity (Wildman–Crippen MR) is 105 cm³/mol. The lowest BCUT2D eigenvalue weighted by Crippen LogP contribution is -2.51. The van der Waals surface area contributed by atoms with E-state index in [0.717, 1.165) is 32.1 Å². The Labute approximate surface area is 168 Å². The average molecular weight is 387 g/mol. The molecule has 1 aliphatic heterocycles. The zero-order chi connectivity index (χ0) is 19.8. The third-order valence-electron chi connectivity index (χ3n) is 9.66. The largest absolute Gasteiger partial charge is 0.462 e. The summed E-state index contributed by atoms with van der Waals surface area (Å²) in [5.41, 5.74) is 2.03. The third-order valence-corrected chi connectivity index (χ3v) is 9.66. The van der Waals surface area contributed by atoms with Crippen LogP contribution in [0.15, 0.2) is 11.6 Å². The van der Waals surface area contributed by atoms with Gasteiger partial charge in [0.1, 0.15) is 12.2 Å². The Balaban J connectivity index is 1.42. The number of hydrogen-bond acceptors (Lipinski definition) is 4. The van der Waals surface area contributed by atoms with Gasteiger partial charge in [-0.2, -0.15) is 0 Å². The molecule has 0 bridgehead atoms. The van der Waals surface area contributed by atoms with Crippen LogP contribution < -0.4 is 0 Å². The normalized spacial score (nSPS) is 51.9. The van der Waals surface area contributed by atoms with E-state index >= 15 is 0 Å². The Kier molecular flexibility index (Phi) is 4.07. The quantitative estimate of drug-likeness (QED) is 0.485. The lowest BCUT2D eigenvalue weighted by Gasteiger charge is -2.58. The molecule has 0 N–H and O–H groups in total. The first-order chi connectivity index (χ1) is 13.2. The number of esters is 2. The van der Waals surface area contributed by atoms with Crippen molar-refractivity contribution < 1.29 is 19.1 Å². The molecule has 3 saturated carbocycles. The number of fused-ring (bicyclic) bond motifs is 7. The van der Waals surface area contributed by atoms with Crippen LogP contribution in [0.1, 0.15) is 72.6 Å². The van der Waals surface area contributed by atoms with Crippen LogP contribution in [0.25, 0.3) is 0 Å². The van der Waals surface area contributed by atoms with Crippen molar-refractivity contribution in [2.24, 2.45) is 40.4 Å². The number of carbonyl (C=O) groups excluding carboxylic acids is 2. The molecule has 4 aliphatic carbocycles. The van der Waals surface area contributed by atoms with Crippen LogP contribution in [0.5, 0.6) is 0 Å². The number of carbonyl (C=O) groups is 2. The minimum atomic E-state index is -0.155. The smallest absolute Gasteiger partial charge is 0.309 e. The first-order valence-electron chi connectivity index (χ1n) is 11.3. The van der Waals surface area contributed by atoms with Gasteiger partial charge >= 0.3 is 11.9 Å². The highest BCUT2D eigenvalue weighted by Crippen LogP contribution is 2.68. The summed E-state index contributed by atoms with van der Waals surface area (Å²) in [5, 5.41) is 0. The number of ether oxygens (including phenoxy) is 2. The van der Waals surface area contributed by atoms with Gasteiger partial charge in [-0.15, -0.1) is 0 Å². The molecule has 0 aromatic carbocycles. The Morgan fingerprint density at radius 1 is 1.21 bits per heavy atom. The molecule has 0 radical (unpaired) electrons. The van der Waals surface area contributed by atoms with Gasteiger partial charge in [-0.1, -0.05) is 32.4 Å². The Morgan fingerprint density at radius 3 is 2.75 bits per heavy atom. The minimum absolute atomic E-state index is 0.0263. The maximum Gasteiger partial charge on any atom is 0.309 e. The van der Waals surface area contributed by atoms with E-state index in [0.29, 0.717) is 23.7 Å². The molecular weight excluding hydrogens is 352 g/mol. The first-order valence-corrected chi connectivity index (χ1v) is 11.3. The summed E-state index contributed by atoms with van der Waals surface area (Å²) in [6, 6.07) is 0. The van der Waals surface area contributed by atoms with Crippen LogP contribution in [-0.2, 0) is 19.1 Å². The van der Waals surface area contributed by atoms with Crippen LogP contribution in [0.2, 0.25) is 0 Å². The van der Waals surface area contributed by atoms with Crippen molar-refractivity contribution >= 4 is 11.9 Å². The highest BCUT2D eigenvalue weighted by molar-refractivity contribution is 5.75. The minimum Gasteiger partial charge on any atom is -0.462 e. The van der Waals surface area contributed by atoms with Gasteiger partial charge in [-0.25, -0.2) is 0 Å². The molecular formula is C24H34O4. The first kappa shape index (κ1) is 18.7. The van der Waals surface area contributed by atoms with E-state index in [4.69, 9.17) is 9.47 Å². The highest BCUT2D eigenvalue weighted by atomic mass is 16.6. The van der Waals surface area contributed by atoms with Crippen LogP contribution >= 0.6 is 0 Å². The van der Waals surface area contributed by atoms with E-state index in [1.807, 2.05) is 0 Å². The van der Waals surface area contributed by atoms with E-state index in [-0.39, 0.29) is 40.9 Å². The maximum absolute atomic E-state index is 12.2. The van der Waals surface area contributed by atoms with E-state index in [9.17, 15) is 9.59 Å². The summed E-state index contributed by atoms with van der Waals surface area (Å²) in [5.74, 6) is 2.42. The van der Waals surface area contributed by atoms with Gasteiger partial charge in [-0.05, 0) is 67.1 Å². The highest BCUT2D eigenvalue weighted by Gasteiger charge is 2.65. The van der Waals surface area contributed by atoms with Crippen molar-refractivity contribution in [1.29, 1.82) is 0 Å². The zero-order valence-electron chi connectivity index (χ0n) is 17.7. The van der Waals surface area contributed by atoms with E-state index in [1.54, 1.807) is 0 Å². The summed E-state index contributed by atoms with van der Waals surface area (Å²) in [6.07, 6.45) is 10.4. The molecule has 0 aromatic heterocycles. The van der Waals surface area contributed by atoms with E-state index in [1.165, 1.54) is 25.3 Å². The zero-order valence-corrected chi connectivity index (χ0v) is 17.7. The second-order valence-electron chi connectivity index (χ2n) is 10.8. The molecule has 5 aliphatic rings. The molecule has 1 saturated heterocycles. The summed E-state index contributed by atoms with van der Waals surface area (Å²) < 4.78 is 11.4. The fourth-order valence-corrected chi connectivity index (χ4v) is 8.41. The summed E-state index contributed by atoms with van der Waals surface area (Å²) in [6.45, 7) is 8.53. The van der Waals surface area contributed by atoms with Gasteiger partial charge in [0, 0.05) is 19.3 Å². The second kappa shape index (κ2) is 6.09. The monoisotopic (exact) mass is 386 g/mol. The summed E-state index contributed by atoms with van der Waals surface area (Å²) >= 11 is 0. The molecule has 0 spiro atoms. The Hall–Kier alpha value is -1.32. The molecule has 0 amide bonds. The second-order valence-corrected chi connectivity index (χ2v) is 10.8. The molecule has 4 heteroatoms. The average Bonchev–Trinajstić information content (AvgIpc) is 3.08. The molecule has 4 nitrogen and oxygen atoms in total. The van der Waals surface area contributed by atoms with Gasteiger partial charge in [0.25, 0.3) is 0 Å². The van der Waals surface area contributed by atoms with E-state index in [2.05, 4.69) is 26.8 Å². The number of rotatable bonds is 1. The summed E-state index contributed by atoms with van der Waals surface area (Å²) in [4.78, 5) is 23.6. The number of hydrogen-bond donors (Lipinski definition) is 0. The van der Waals surface area contributed by atoms with Gasteiger partial charge in [-0.3, -0.25) is 9.59 Å². The van der Waals surface area contributed by atoms with Crippen molar-refractivity contribution in [2.75, 3.05) is 0 Å².